The van der Waals surface area contributed by atoms with Gasteiger partial charge in [-0.15, -0.1) is 0 Å². The van der Waals surface area contributed by atoms with E-state index in [9.17, 15) is 32.8 Å². The van der Waals surface area contributed by atoms with Crippen LogP contribution in [0.4, 0.5) is 8.78 Å². The fourth-order valence-corrected chi connectivity index (χ4v) is 4.63. The van der Waals surface area contributed by atoms with Crippen LogP contribution in [-0.4, -0.2) is 59.8 Å². The second-order valence-electron chi connectivity index (χ2n) is 9.87. The summed E-state index contributed by atoms with van der Waals surface area (Å²) in [6, 6.07) is 9.27. The van der Waals surface area contributed by atoms with Gasteiger partial charge in [-0.25, -0.2) is 8.78 Å². The number of carbonyl (C=O) groups is 5. The maximum atomic E-state index is 14.3. The predicted molar refractivity (Wildman–Crippen MR) is 142 cm³/mol. The molecule has 1 unspecified atom stereocenters. The first-order chi connectivity index (χ1) is 19.7. The average molecular weight is 574 g/mol. The summed E-state index contributed by atoms with van der Waals surface area (Å²) in [5, 5.41) is 15.7. The van der Waals surface area contributed by atoms with Gasteiger partial charge in [0.1, 0.15) is 18.6 Å². The summed E-state index contributed by atoms with van der Waals surface area (Å²) >= 11 is 0. The first-order valence-corrected chi connectivity index (χ1v) is 13.4. The van der Waals surface area contributed by atoms with Crippen molar-refractivity contribution in [3.05, 3.63) is 71.3 Å². The number of rotatable bonds is 14. The van der Waals surface area contributed by atoms with Gasteiger partial charge in [0.05, 0.1) is 18.8 Å². The zero-order chi connectivity index (χ0) is 29.8. The lowest BCUT2D eigenvalue weighted by molar-refractivity contribution is -0.143. The molecule has 1 aliphatic rings. The fraction of sp³-hybridized carbons (Fsp3) is 0.414. The van der Waals surface area contributed by atoms with Crippen molar-refractivity contribution in [1.82, 2.24) is 16.0 Å². The van der Waals surface area contributed by atoms with Gasteiger partial charge in [0.2, 0.25) is 11.7 Å². The van der Waals surface area contributed by atoms with Crippen LogP contribution in [0.1, 0.15) is 54.4 Å². The Balaban J connectivity index is 1.78. The Morgan fingerprint density at radius 1 is 0.902 bits per heavy atom. The number of nitrogens with one attached hydrogen (secondary N) is 3. The smallest absolute Gasteiger partial charge is 0.322 e. The number of benzene rings is 2. The number of halogens is 2. The summed E-state index contributed by atoms with van der Waals surface area (Å²) in [6.07, 6.45) is 4.68. The number of carbonyl (C=O) groups excluding carboxylic acids is 4. The summed E-state index contributed by atoms with van der Waals surface area (Å²) in [5.74, 6) is -8.12. The summed E-state index contributed by atoms with van der Waals surface area (Å²) in [4.78, 5) is 62.4. The Bertz CT molecular complexity index is 1240. The highest BCUT2D eigenvalue weighted by molar-refractivity contribution is 6.38. The van der Waals surface area contributed by atoms with E-state index in [1.54, 1.807) is 30.3 Å². The molecule has 1 aliphatic carbocycles. The third kappa shape index (κ3) is 9.75. The van der Waals surface area contributed by atoms with Gasteiger partial charge < -0.3 is 25.8 Å². The topological polar surface area (TPSA) is 151 Å². The van der Waals surface area contributed by atoms with Gasteiger partial charge in [0.25, 0.3) is 11.8 Å². The Morgan fingerprint density at radius 3 is 2.29 bits per heavy atom. The van der Waals surface area contributed by atoms with Crippen LogP contribution in [-0.2, 0) is 30.5 Å². The van der Waals surface area contributed by atoms with Crippen molar-refractivity contribution in [2.45, 2.75) is 57.2 Å². The Hall–Kier alpha value is -4.19. The maximum absolute atomic E-state index is 14.3. The van der Waals surface area contributed by atoms with E-state index in [1.165, 1.54) is 0 Å². The van der Waals surface area contributed by atoms with Crippen molar-refractivity contribution in [1.29, 1.82) is 0 Å². The van der Waals surface area contributed by atoms with Crippen LogP contribution in [0.5, 0.6) is 0 Å². The molecule has 3 rings (SSSR count). The van der Waals surface area contributed by atoms with Crippen LogP contribution in [0.25, 0.3) is 0 Å². The van der Waals surface area contributed by atoms with Gasteiger partial charge in [-0.3, -0.25) is 24.0 Å². The molecule has 4 N–H and O–H groups in total. The molecule has 10 nitrogen and oxygen atoms in total. The standard InChI is InChI=1S/C29H33F2N3O7/c30-21-13-7-12-20(25(21)31)27(38)33-22(14-18-8-3-1-4-9-18)28(39)34-23(26(37)29(40)32-15-24(35)36)17-41-16-19-10-5-2-6-11-19/h2,5-7,10-13,18,22-23H,1,3-4,8-9,14-17H2,(H,32,40)(H,33,38)(H,34,39)(H,35,36)/t22-,23?/m1/s1. The minimum Gasteiger partial charge on any atom is -0.480 e. The predicted octanol–water partition coefficient (Wildman–Crippen LogP) is 2.51. The van der Waals surface area contributed by atoms with Crippen molar-refractivity contribution in [2.24, 2.45) is 5.92 Å². The monoisotopic (exact) mass is 573 g/mol. The van der Waals surface area contributed by atoms with Gasteiger partial charge >= 0.3 is 5.97 Å². The van der Waals surface area contributed by atoms with Gasteiger partial charge in [-0.2, -0.15) is 0 Å². The number of Topliss-reactive ketones (excluding diaryl/α,β-unsaturated/α-hetero) is 1. The first kappa shape index (κ1) is 31.3. The maximum Gasteiger partial charge on any atom is 0.322 e. The minimum absolute atomic E-state index is 0.0539. The number of ether oxygens (including phenoxy) is 1. The number of hydrogen-bond acceptors (Lipinski definition) is 6. The number of amides is 3. The first-order valence-electron chi connectivity index (χ1n) is 13.4. The van der Waals surface area contributed by atoms with Crippen LogP contribution >= 0.6 is 0 Å². The number of carboxylic acid groups (broad SMARTS) is 1. The normalized spacial score (nSPS) is 14.9. The van der Waals surface area contributed by atoms with E-state index in [2.05, 4.69) is 10.6 Å². The SMILES string of the molecule is O=C(O)CNC(=O)C(=O)C(COCc1ccccc1)NC(=O)[C@@H](CC1CCCCC1)NC(=O)c1cccc(F)c1F. The van der Waals surface area contributed by atoms with E-state index in [4.69, 9.17) is 9.84 Å². The van der Waals surface area contributed by atoms with Gasteiger partial charge in [-0.05, 0) is 30.0 Å². The molecule has 1 saturated carbocycles. The van der Waals surface area contributed by atoms with Crippen LogP contribution in [0, 0.1) is 17.6 Å². The zero-order valence-electron chi connectivity index (χ0n) is 22.4. The van der Waals surface area contributed by atoms with Crippen LogP contribution in [0.15, 0.2) is 48.5 Å². The quantitative estimate of drug-likeness (QED) is 0.254. The Morgan fingerprint density at radius 2 is 1.61 bits per heavy atom. The van der Waals surface area contributed by atoms with Crippen molar-refractivity contribution < 1.29 is 42.6 Å². The number of carboxylic acids is 1. The molecule has 41 heavy (non-hydrogen) atoms. The van der Waals surface area contributed by atoms with Gasteiger partial charge in [-0.1, -0.05) is 68.5 Å². The highest BCUT2D eigenvalue weighted by atomic mass is 19.2. The lowest BCUT2D eigenvalue weighted by Crippen LogP contribution is -2.56. The fourth-order valence-electron chi connectivity index (χ4n) is 4.63. The van der Waals surface area contributed by atoms with Crippen molar-refractivity contribution in [2.75, 3.05) is 13.2 Å². The molecule has 2 atom stereocenters. The highest BCUT2D eigenvalue weighted by Gasteiger charge is 2.33. The molecule has 220 valence electrons. The molecule has 0 bridgehead atoms. The van der Waals surface area contributed by atoms with E-state index in [0.717, 1.165) is 55.9 Å². The highest BCUT2D eigenvalue weighted by Crippen LogP contribution is 2.27. The molecule has 2 aromatic rings. The molecular formula is C29H33F2N3O7. The molecule has 2 aromatic carbocycles. The minimum atomic E-state index is -1.52. The molecule has 0 aromatic heterocycles. The molecule has 1 fully saturated rings. The molecule has 3 amide bonds. The molecule has 0 saturated heterocycles. The molecular weight excluding hydrogens is 540 g/mol. The Labute approximate surface area is 235 Å². The Kier molecular flexibility index (Phi) is 11.9. The second-order valence-corrected chi connectivity index (χ2v) is 9.87. The third-order valence-corrected chi connectivity index (χ3v) is 6.76. The number of aliphatic carboxylic acids is 1. The second kappa shape index (κ2) is 15.6. The summed E-state index contributed by atoms with van der Waals surface area (Å²) in [6.45, 7) is -1.18. The summed E-state index contributed by atoms with van der Waals surface area (Å²) in [5.41, 5.74) is 0.179. The van der Waals surface area contributed by atoms with Crippen LogP contribution in [0.2, 0.25) is 0 Å². The van der Waals surface area contributed by atoms with Gasteiger partial charge in [0, 0.05) is 0 Å². The third-order valence-electron chi connectivity index (χ3n) is 6.76. The molecule has 12 heteroatoms. The van der Waals surface area contributed by atoms with E-state index in [0.29, 0.717) is 0 Å². The summed E-state index contributed by atoms with van der Waals surface area (Å²) in [7, 11) is 0. The number of hydrogen-bond donors (Lipinski definition) is 4. The largest absolute Gasteiger partial charge is 0.480 e. The number of ketones is 1. The van der Waals surface area contributed by atoms with Crippen LogP contribution in [0.3, 0.4) is 0 Å². The van der Waals surface area contributed by atoms with E-state index in [-0.39, 0.29) is 18.9 Å². The van der Waals surface area contributed by atoms with Crippen molar-refractivity contribution in [3.63, 3.8) is 0 Å². The van der Waals surface area contributed by atoms with E-state index >= 15 is 0 Å². The van der Waals surface area contributed by atoms with E-state index < -0.39 is 71.9 Å². The summed E-state index contributed by atoms with van der Waals surface area (Å²) < 4.78 is 33.6. The lowest BCUT2D eigenvalue weighted by atomic mass is 9.84. The lowest BCUT2D eigenvalue weighted by Gasteiger charge is -2.28. The zero-order valence-corrected chi connectivity index (χ0v) is 22.4. The van der Waals surface area contributed by atoms with Crippen molar-refractivity contribution in [3.8, 4) is 0 Å². The van der Waals surface area contributed by atoms with Gasteiger partial charge in [0.15, 0.2) is 11.6 Å². The van der Waals surface area contributed by atoms with E-state index in [1.807, 2.05) is 5.32 Å². The van der Waals surface area contributed by atoms with Crippen molar-refractivity contribution >= 4 is 29.5 Å². The molecule has 0 spiro atoms. The molecule has 0 radical (unpaired) electrons. The van der Waals surface area contributed by atoms with Crippen LogP contribution < -0.4 is 16.0 Å². The molecule has 0 heterocycles. The average Bonchev–Trinajstić information content (AvgIpc) is 2.97. The molecule has 0 aliphatic heterocycles.